The van der Waals surface area contributed by atoms with Gasteiger partial charge < -0.3 is 9.13 Å². The number of rotatable bonds is 4. The molecule has 0 aliphatic carbocycles. The van der Waals surface area contributed by atoms with Gasteiger partial charge in [-0.2, -0.15) is 0 Å². The molecule has 0 aliphatic heterocycles. The van der Waals surface area contributed by atoms with Gasteiger partial charge in [0, 0.05) is 32.9 Å². The van der Waals surface area contributed by atoms with Gasteiger partial charge in [0.05, 0.1) is 22.1 Å². The van der Waals surface area contributed by atoms with E-state index >= 15 is 0 Å². The maximum Gasteiger partial charge on any atom is 0.0547 e. The molecule has 2 heteroatoms. The zero-order valence-electron chi connectivity index (χ0n) is 26.2. The van der Waals surface area contributed by atoms with Crippen molar-refractivity contribution >= 4 is 54.4 Å². The van der Waals surface area contributed by atoms with Crippen molar-refractivity contribution in [1.82, 2.24) is 9.13 Å². The van der Waals surface area contributed by atoms with E-state index in [1.165, 1.54) is 88.0 Å². The summed E-state index contributed by atoms with van der Waals surface area (Å²) in [4.78, 5) is 0. The van der Waals surface area contributed by atoms with Crippen molar-refractivity contribution in [3.8, 4) is 33.6 Å². The number of benzene rings is 8. The summed E-state index contributed by atoms with van der Waals surface area (Å²) >= 11 is 0. The predicted octanol–water partition coefficient (Wildman–Crippen LogP) is 12.4. The minimum absolute atomic E-state index is 1.17. The summed E-state index contributed by atoms with van der Waals surface area (Å²) in [6.07, 6.45) is 0. The molecule has 0 spiro atoms. The lowest BCUT2D eigenvalue weighted by Gasteiger charge is -2.14. The Morgan fingerprint density at radius 3 is 1.19 bits per heavy atom. The Labute approximate surface area is 278 Å². The largest absolute Gasteiger partial charge is 0.309 e. The van der Waals surface area contributed by atoms with Gasteiger partial charge in [-0.05, 0) is 81.6 Å². The molecule has 0 N–H and O–H groups in total. The van der Waals surface area contributed by atoms with Gasteiger partial charge in [-0.1, -0.05) is 133 Å². The molecule has 0 saturated heterocycles. The zero-order valence-corrected chi connectivity index (χ0v) is 26.2. The van der Waals surface area contributed by atoms with Crippen LogP contribution in [0.25, 0.3) is 88.0 Å². The van der Waals surface area contributed by atoms with Crippen molar-refractivity contribution in [2.75, 3.05) is 0 Å². The van der Waals surface area contributed by atoms with E-state index in [-0.39, 0.29) is 0 Å². The van der Waals surface area contributed by atoms with Crippen LogP contribution in [-0.4, -0.2) is 9.13 Å². The molecule has 2 nitrogen and oxygen atoms in total. The summed E-state index contributed by atoms with van der Waals surface area (Å²) in [5.74, 6) is 0. The Morgan fingerprint density at radius 2 is 0.708 bits per heavy atom. The SMILES string of the molecule is c1ccc(-n2c3ccccc3c3ccc(-c4cccc5cccc(-c6ccc7c8ccccc8n(-c8ccccc8)c7c6)c45)cc32)cc1. The standard InChI is InChI=1S/C46H30N2/c1-3-15-34(16-4-1)47-42-23-9-7-19-38(42)40-27-25-32(29-44(40)47)36-21-11-13-31-14-12-22-37(46(31)36)33-26-28-41-39-20-8-10-24-43(39)48(45(41)30-33)35-17-5-2-6-18-35/h1-30H. The van der Waals surface area contributed by atoms with E-state index in [9.17, 15) is 0 Å². The fraction of sp³-hybridized carbons (Fsp3) is 0. The maximum atomic E-state index is 2.40. The highest BCUT2D eigenvalue weighted by Crippen LogP contribution is 2.41. The topological polar surface area (TPSA) is 9.86 Å². The fourth-order valence-electron chi connectivity index (χ4n) is 7.81. The monoisotopic (exact) mass is 610 g/mol. The molecule has 2 aromatic heterocycles. The lowest BCUT2D eigenvalue weighted by atomic mass is 9.91. The van der Waals surface area contributed by atoms with E-state index < -0.39 is 0 Å². The van der Waals surface area contributed by atoms with Gasteiger partial charge in [-0.3, -0.25) is 0 Å². The van der Waals surface area contributed by atoms with Gasteiger partial charge in [-0.25, -0.2) is 0 Å². The number of fused-ring (bicyclic) bond motifs is 7. The number of aromatic nitrogens is 2. The van der Waals surface area contributed by atoms with Crippen molar-refractivity contribution < 1.29 is 0 Å². The third-order valence-corrected chi connectivity index (χ3v) is 9.90. The molecule has 0 aliphatic rings. The van der Waals surface area contributed by atoms with Crippen LogP contribution in [0.15, 0.2) is 182 Å². The predicted molar refractivity (Wildman–Crippen MR) is 203 cm³/mol. The lowest BCUT2D eigenvalue weighted by molar-refractivity contribution is 1.18. The minimum atomic E-state index is 1.17. The van der Waals surface area contributed by atoms with Crippen LogP contribution in [0.2, 0.25) is 0 Å². The van der Waals surface area contributed by atoms with E-state index in [1.54, 1.807) is 0 Å². The van der Waals surface area contributed by atoms with Crippen LogP contribution in [0.5, 0.6) is 0 Å². The van der Waals surface area contributed by atoms with Gasteiger partial charge >= 0.3 is 0 Å². The highest BCUT2D eigenvalue weighted by atomic mass is 15.0. The summed E-state index contributed by atoms with van der Waals surface area (Å²) in [7, 11) is 0. The molecule has 0 saturated carbocycles. The van der Waals surface area contributed by atoms with Crippen molar-refractivity contribution in [2.24, 2.45) is 0 Å². The smallest absolute Gasteiger partial charge is 0.0547 e. The van der Waals surface area contributed by atoms with Crippen LogP contribution >= 0.6 is 0 Å². The molecule has 0 bridgehead atoms. The first-order valence-corrected chi connectivity index (χ1v) is 16.5. The first-order chi connectivity index (χ1) is 23.8. The number of hydrogen-bond donors (Lipinski definition) is 0. The van der Waals surface area contributed by atoms with Crippen molar-refractivity contribution in [1.29, 1.82) is 0 Å². The maximum absolute atomic E-state index is 2.40. The third kappa shape index (κ3) is 4.00. The van der Waals surface area contributed by atoms with Crippen molar-refractivity contribution in [3.05, 3.63) is 182 Å². The summed E-state index contributed by atoms with van der Waals surface area (Å²) in [5.41, 5.74) is 12.1. The van der Waals surface area contributed by atoms with Crippen molar-refractivity contribution in [3.63, 3.8) is 0 Å². The molecule has 2 heterocycles. The molecular weight excluding hydrogens is 581 g/mol. The van der Waals surface area contributed by atoms with E-state index in [0.29, 0.717) is 0 Å². The van der Waals surface area contributed by atoms with Gasteiger partial charge in [0.1, 0.15) is 0 Å². The summed E-state index contributed by atoms with van der Waals surface area (Å²) in [5, 5.41) is 7.56. The molecule has 0 fully saturated rings. The number of hydrogen-bond acceptors (Lipinski definition) is 0. The quantitative estimate of drug-likeness (QED) is 0.188. The van der Waals surface area contributed by atoms with Crippen LogP contribution in [-0.2, 0) is 0 Å². The molecule has 48 heavy (non-hydrogen) atoms. The summed E-state index contributed by atoms with van der Waals surface area (Å²) < 4.78 is 4.80. The molecule has 8 aromatic carbocycles. The van der Waals surface area contributed by atoms with E-state index in [0.717, 1.165) is 0 Å². The minimum Gasteiger partial charge on any atom is -0.309 e. The first-order valence-electron chi connectivity index (χ1n) is 16.5. The van der Waals surface area contributed by atoms with Crippen LogP contribution in [0.1, 0.15) is 0 Å². The Kier molecular flexibility index (Phi) is 5.91. The average Bonchev–Trinajstić information content (AvgIpc) is 3.67. The van der Waals surface area contributed by atoms with Gasteiger partial charge in [0.2, 0.25) is 0 Å². The van der Waals surface area contributed by atoms with Gasteiger partial charge in [0.25, 0.3) is 0 Å². The van der Waals surface area contributed by atoms with E-state index in [4.69, 9.17) is 0 Å². The summed E-state index contributed by atoms with van der Waals surface area (Å²) in [6, 6.07) is 66.2. The van der Waals surface area contributed by atoms with Gasteiger partial charge in [0.15, 0.2) is 0 Å². The second kappa shape index (κ2) is 10.6. The molecular formula is C46H30N2. The van der Waals surface area contributed by atoms with E-state index in [1.807, 2.05) is 0 Å². The lowest BCUT2D eigenvalue weighted by Crippen LogP contribution is -1.94. The molecule has 0 unspecified atom stereocenters. The van der Waals surface area contributed by atoms with Crippen LogP contribution in [0.4, 0.5) is 0 Å². The van der Waals surface area contributed by atoms with Crippen LogP contribution in [0, 0.1) is 0 Å². The molecule has 10 aromatic rings. The highest BCUT2D eigenvalue weighted by Gasteiger charge is 2.17. The number of nitrogens with zero attached hydrogens (tertiary/aromatic N) is 2. The Balaban J connectivity index is 1.23. The zero-order chi connectivity index (χ0) is 31.6. The third-order valence-electron chi connectivity index (χ3n) is 9.90. The van der Waals surface area contributed by atoms with Crippen LogP contribution in [0.3, 0.4) is 0 Å². The first kappa shape index (κ1) is 26.8. The number of para-hydroxylation sites is 4. The second-order valence-corrected chi connectivity index (χ2v) is 12.5. The fourth-order valence-corrected chi connectivity index (χ4v) is 7.81. The Bertz CT molecular complexity index is 2630. The molecule has 0 radical (unpaired) electrons. The average molecular weight is 611 g/mol. The van der Waals surface area contributed by atoms with E-state index in [2.05, 4.69) is 191 Å². The van der Waals surface area contributed by atoms with Crippen LogP contribution < -0.4 is 0 Å². The molecule has 224 valence electrons. The Morgan fingerprint density at radius 1 is 0.292 bits per heavy atom. The molecule has 0 atom stereocenters. The molecule has 0 amide bonds. The second-order valence-electron chi connectivity index (χ2n) is 12.5. The highest BCUT2D eigenvalue weighted by molar-refractivity contribution is 6.14. The normalized spacial score (nSPS) is 11.8. The summed E-state index contributed by atoms with van der Waals surface area (Å²) in [6.45, 7) is 0. The van der Waals surface area contributed by atoms with Gasteiger partial charge in [-0.15, -0.1) is 0 Å². The van der Waals surface area contributed by atoms with Crippen molar-refractivity contribution in [2.45, 2.75) is 0 Å². The molecule has 10 rings (SSSR count). The Hall–Kier alpha value is -6.38.